The van der Waals surface area contributed by atoms with Crippen molar-refractivity contribution < 1.29 is 22.8 Å². The van der Waals surface area contributed by atoms with Gasteiger partial charge in [-0.3, -0.25) is 14.9 Å². The van der Waals surface area contributed by atoms with E-state index in [-0.39, 0.29) is 16.0 Å². The molecule has 2 heterocycles. The molecular formula is C23H25N7O5S2. The van der Waals surface area contributed by atoms with Crippen LogP contribution in [0, 0.1) is 22.7 Å². The molecular weight excluding hydrogens is 518 g/mol. The quantitative estimate of drug-likeness (QED) is 0.495. The van der Waals surface area contributed by atoms with Gasteiger partial charge in [-0.25, -0.2) is 13.2 Å². The number of rotatable bonds is 7. The van der Waals surface area contributed by atoms with Gasteiger partial charge in [0.1, 0.15) is 18.1 Å². The van der Waals surface area contributed by atoms with Crippen molar-refractivity contribution in [2.24, 2.45) is 0 Å². The predicted octanol–water partition coefficient (Wildman–Crippen LogP) is 1.44. The van der Waals surface area contributed by atoms with E-state index in [1.165, 1.54) is 54.6 Å². The summed E-state index contributed by atoms with van der Waals surface area (Å²) in [7, 11) is 0.853. The average molecular weight is 544 g/mol. The number of benzene rings is 1. The lowest BCUT2D eigenvalue weighted by molar-refractivity contribution is 0.0956. The molecule has 12 nitrogen and oxygen atoms in total. The second-order valence-corrected chi connectivity index (χ2v) is 11.5. The number of hydrogen-bond acceptors (Lipinski definition) is 9. The first-order valence-corrected chi connectivity index (χ1v) is 13.3. The van der Waals surface area contributed by atoms with E-state index < -0.39 is 41.0 Å². The maximum absolute atomic E-state index is 13.0. The minimum atomic E-state index is -4.11. The molecule has 4 amide bonds. The van der Waals surface area contributed by atoms with E-state index in [0.717, 1.165) is 14.7 Å². The van der Waals surface area contributed by atoms with Crippen LogP contribution in [0.1, 0.15) is 31.2 Å². The van der Waals surface area contributed by atoms with Gasteiger partial charge in [0.15, 0.2) is 0 Å². The van der Waals surface area contributed by atoms with E-state index in [4.69, 9.17) is 10.5 Å². The summed E-state index contributed by atoms with van der Waals surface area (Å²) in [5.74, 6) is -1.19. The highest BCUT2D eigenvalue weighted by Gasteiger charge is 2.29. The molecule has 1 aliphatic rings. The number of nitrogens with one attached hydrogen (secondary N) is 2. The van der Waals surface area contributed by atoms with Crippen LogP contribution in [0.25, 0.3) is 0 Å². The van der Waals surface area contributed by atoms with Gasteiger partial charge in [-0.2, -0.15) is 14.8 Å². The van der Waals surface area contributed by atoms with E-state index in [1.807, 2.05) is 7.05 Å². The van der Waals surface area contributed by atoms with E-state index in [1.54, 1.807) is 12.1 Å². The lowest BCUT2D eigenvalue weighted by atomic mass is 10.0. The number of nitrogens with zero attached hydrogens (tertiary/aromatic N) is 5. The molecule has 2 N–H and O–H groups in total. The predicted molar refractivity (Wildman–Crippen MR) is 135 cm³/mol. The summed E-state index contributed by atoms with van der Waals surface area (Å²) >= 11 is 1.25. The van der Waals surface area contributed by atoms with Gasteiger partial charge in [-0.1, -0.05) is 0 Å². The minimum absolute atomic E-state index is 0.130. The highest BCUT2D eigenvalue weighted by atomic mass is 32.2. The van der Waals surface area contributed by atoms with Gasteiger partial charge in [0.2, 0.25) is 10.0 Å². The number of carbonyl (C=O) groups is 3. The van der Waals surface area contributed by atoms with Crippen molar-refractivity contribution in [3.05, 3.63) is 45.8 Å². The maximum atomic E-state index is 13.0. The number of thiophene rings is 1. The Labute approximate surface area is 218 Å². The topological polar surface area (TPSA) is 167 Å². The van der Waals surface area contributed by atoms with Crippen molar-refractivity contribution in [1.29, 1.82) is 10.5 Å². The Morgan fingerprint density at radius 1 is 1.08 bits per heavy atom. The summed E-state index contributed by atoms with van der Waals surface area (Å²) in [4.78, 5) is 42.2. The monoisotopic (exact) mass is 543 g/mol. The van der Waals surface area contributed by atoms with Crippen LogP contribution in [0.3, 0.4) is 0 Å². The molecule has 1 aliphatic heterocycles. The molecule has 0 spiro atoms. The zero-order valence-electron chi connectivity index (χ0n) is 20.4. The molecule has 0 aliphatic carbocycles. The van der Waals surface area contributed by atoms with Crippen LogP contribution in [0.4, 0.5) is 9.80 Å². The van der Waals surface area contributed by atoms with Gasteiger partial charge in [0.25, 0.3) is 11.8 Å². The lowest BCUT2D eigenvalue weighted by Crippen LogP contribution is -2.39. The van der Waals surface area contributed by atoms with E-state index in [2.05, 4.69) is 15.5 Å². The number of fused-ring (bicyclic) bond motifs is 1. The molecule has 37 heavy (non-hydrogen) atoms. The van der Waals surface area contributed by atoms with Crippen molar-refractivity contribution in [2.75, 3.05) is 46.1 Å². The zero-order valence-corrected chi connectivity index (χ0v) is 22.1. The molecule has 2 aromatic rings. The number of amides is 4. The van der Waals surface area contributed by atoms with E-state index >= 15 is 0 Å². The number of carbonyl (C=O) groups excluding carboxylic acids is 3. The van der Waals surface area contributed by atoms with Crippen LogP contribution in [0.5, 0.6) is 0 Å². The van der Waals surface area contributed by atoms with Crippen LogP contribution < -0.4 is 10.6 Å². The smallest absolute Gasteiger partial charge is 0.323 e. The first-order valence-electron chi connectivity index (χ1n) is 11.0. The number of sulfonamides is 1. The first kappa shape index (κ1) is 27.8. The second kappa shape index (κ2) is 11.5. The molecule has 3 rings (SSSR count). The van der Waals surface area contributed by atoms with E-state index in [9.17, 15) is 22.8 Å². The molecule has 1 aromatic carbocycles. The molecule has 14 heteroatoms. The molecule has 0 atom stereocenters. The Morgan fingerprint density at radius 3 is 2.27 bits per heavy atom. The maximum Gasteiger partial charge on any atom is 0.323 e. The van der Waals surface area contributed by atoms with Crippen molar-refractivity contribution in [3.63, 3.8) is 0 Å². The Kier molecular flexibility index (Phi) is 8.62. The van der Waals surface area contributed by atoms with Crippen LogP contribution in [-0.4, -0.2) is 81.1 Å². The van der Waals surface area contributed by atoms with Crippen LogP contribution in [0.2, 0.25) is 0 Å². The zero-order chi connectivity index (χ0) is 27.3. The summed E-state index contributed by atoms with van der Waals surface area (Å²) in [5.41, 5.74) is 1.14. The molecule has 194 valence electrons. The normalized spacial score (nSPS) is 13.2. The number of nitriles is 2. The second-order valence-electron chi connectivity index (χ2n) is 8.42. The molecule has 0 bridgehead atoms. The number of urea groups is 1. The van der Waals surface area contributed by atoms with Crippen LogP contribution in [-0.2, 0) is 23.0 Å². The Balaban J connectivity index is 1.88. The molecule has 1 aromatic heterocycles. The van der Waals surface area contributed by atoms with Crippen LogP contribution >= 0.6 is 11.3 Å². The Hall–Kier alpha value is -3.82. The summed E-state index contributed by atoms with van der Waals surface area (Å²) in [5, 5.41) is 23.1. The fourth-order valence-corrected chi connectivity index (χ4v) is 6.17. The summed E-state index contributed by atoms with van der Waals surface area (Å²) in [6.45, 7) is 0.324. The molecule has 0 radical (unpaired) electrons. The van der Waals surface area contributed by atoms with Crippen molar-refractivity contribution in [2.45, 2.75) is 17.9 Å². The lowest BCUT2D eigenvalue weighted by Gasteiger charge is -2.22. The molecule has 0 unspecified atom stereocenters. The summed E-state index contributed by atoms with van der Waals surface area (Å²) in [6.07, 6.45) is 0.575. The third-order valence-corrected chi connectivity index (χ3v) is 8.52. The SMILES string of the molecule is CN1CCc2c(sc(NC(=O)c3ccc(S(=O)(=O)N(CC#N)CC#N)cc3)c2C(=O)NC(=O)N(C)C)C1. The van der Waals surface area contributed by atoms with Gasteiger partial charge in [-0.15, -0.1) is 11.3 Å². The first-order chi connectivity index (χ1) is 17.5. The number of imide groups is 1. The van der Waals surface area contributed by atoms with Gasteiger partial charge >= 0.3 is 6.03 Å². The largest absolute Gasteiger partial charge is 0.331 e. The number of hydrogen-bond donors (Lipinski definition) is 2. The van der Waals surface area contributed by atoms with Crippen molar-refractivity contribution in [1.82, 2.24) is 19.4 Å². The van der Waals surface area contributed by atoms with Gasteiger partial charge in [0.05, 0.1) is 22.6 Å². The molecule has 0 fully saturated rings. The van der Waals surface area contributed by atoms with Gasteiger partial charge < -0.3 is 15.1 Å². The average Bonchev–Trinajstić information content (AvgIpc) is 3.20. The number of anilines is 1. The van der Waals surface area contributed by atoms with Gasteiger partial charge in [0, 0.05) is 37.6 Å². The molecule has 0 saturated carbocycles. The summed E-state index contributed by atoms with van der Waals surface area (Å²) in [6, 6.07) is 7.87. The number of likely N-dealkylation sites (N-methyl/N-ethyl adjacent to an activating group) is 1. The van der Waals surface area contributed by atoms with Gasteiger partial charge in [-0.05, 0) is 43.3 Å². The van der Waals surface area contributed by atoms with Crippen molar-refractivity contribution in [3.8, 4) is 12.1 Å². The fraction of sp³-hybridized carbons (Fsp3) is 0.348. The Morgan fingerprint density at radius 2 is 1.70 bits per heavy atom. The third kappa shape index (κ3) is 6.12. The molecule has 0 saturated heterocycles. The fourth-order valence-electron chi connectivity index (χ4n) is 3.62. The summed E-state index contributed by atoms with van der Waals surface area (Å²) < 4.78 is 26.2. The highest BCUT2D eigenvalue weighted by molar-refractivity contribution is 7.89. The van der Waals surface area contributed by atoms with E-state index in [0.29, 0.717) is 24.5 Å². The highest BCUT2D eigenvalue weighted by Crippen LogP contribution is 2.37. The Bertz CT molecular complexity index is 1390. The third-order valence-electron chi connectivity index (χ3n) is 5.58. The minimum Gasteiger partial charge on any atom is -0.331 e. The standard InChI is InChI=1S/C23H25N7O5S2/c1-28(2)23(33)27-21(32)19-17-8-11-29(3)14-18(17)36-22(19)26-20(31)15-4-6-16(7-5-15)37(34,35)30(12-9-24)13-10-25/h4-7H,8,11-14H2,1-3H3,(H,26,31)(H,27,32,33). The van der Waals surface area contributed by atoms with Crippen LogP contribution in [0.15, 0.2) is 29.2 Å². The van der Waals surface area contributed by atoms with Crippen molar-refractivity contribution >= 4 is 44.2 Å².